The van der Waals surface area contributed by atoms with Gasteiger partial charge in [0.25, 0.3) is 10.1 Å². The van der Waals surface area contributed by atoms with Gasteiger partial charge in [-0.05, 0) is 6.92 Å². The lowest BCUT2D eigenvalue weighted by Gasteiger charge is -1.87. The van der Waals surface area contributed by atoms with Crippen molar-refractivity contribution in [2.24, 2.45) is 0 Å². The van der Waals surface area contributed by atoms with Crippen molar-refractivity contribution in [3.8, 4) is 0 Å². The van der Waals surface area contributed by atoms with Crippen LogP contribution in [0.15, 0.2) is 10.6 Å². The standard InChI is InChI=1S/C5H7NO4S/c1-4-2-5(6-10-4)3-11(7,8)9/h2H,3H2,1H3,(H,7,8,9). The minimum absolute atomic E-state index is 0.213. The molecule has 5 nitrogen and oxygen atoms in total. The minimum atomic E-state index is -3.99. The van der Waals surface area contributed by atoms with Gasteiger partial charge in [0.2, 0.25) is 0 Å². The van der Waals surface area contributed by atoms with Crippen LogP contribution in [0.3, 0.4) is 0 Å². The Morgan fingerprint density at radius 1 is 1.73 bits per heavy atom. The van der Waals surface area contributed by atoms with E-state index in [0.717, 1.165) is 0 Å². The molecule has 0 spiro atoms. The average molecular weight is 177 g/mol. The summed E-state index contributed by atoms with van der Waals surface area (Å²) >= 11 is 0. The Balaban J connectivity index is 2.81. The molecule has 0 aliphatic heterocycles. The van der Waals surface area contributed by atoms with Crippen LogP contribution in [0.5, 0.6) is 0 Å². The molecule has 1 heterocycles. The number of aryl methyl sites for hydroxylation is 1. The summed E-state index contributed by atoms with van der Waals surface area (Å²) in [6.07, 6.45) is 0. The van der Waals surface area contributed by atoms with Crippen LogP contribution >= 0.6 is 0 Å². The van der Waals surface area contributed by atoms with Gasteiger partial charge in [0.05, 0.1) is 0 Å². The van der Waals surface area contributed by atoms with E-state index in [-0.39, 0.29) is 5.69 Å². The third kappa shape index (κ3) is 2.69. The normalized spacial score (nSPS) is 11.8. The smallest absolute Gasteiger partial charge is 0.270 e. The molecule has 0 amide bonds. The van der Waals surface area contributed by atoms with Crippen LogP contribution in [0.25, 0.3) is 0 Å². The van der Waals surface area contributed by atoms with Crippen LogP contribution in [0.2, 0.25) is 0 Å². The molecule has 0 aliphatic rings. The molecule has 11 heavy (non-hydrogen) atoms. The predicted molar refractivity (Wildman–Crippen MR) is 36.5 cm³/mol. The van der Waals surface area contributed by atoms with Crippen molar-refractivity contribution < 1.29 is 17.5 Å². The molecule has 0 atom stereocenters. The second-order valence-corrected chi connectivity index (χ2v) is 3.61. The first-order chi connectivity index (χ1) is 4.97. The van der Waals surface area contributed by atoms with Gasteiger partial charge in [-0.3, -0.25) is 4.55 Å². The lowest BCUT2D eigenvalue weighted by atomic mass is 10.4. The molecule has 1 N–H and O–H groups in total. The maximum absolute atomic E-state index is 10.3. The van der Waals surface area contributed by atoms with Crippen LogP contribution < -0.4 is 0 Å². The molecule has 1 rings (SSSR count). The summed E-state index contributed by atoms with van der Waals surface area (Å²) in [5.74, 6) is 0.0216. The highest BCUT2D eigenvalue weighted by molar-refractivity contribution is 7.84. The van der Waals surface area contributed by atoms with Crippen LogP contribution in [-0.4, -0.2) is 18.1 Å². The van der Waals surface area contributed by atoms with Crippen LogP contribution in [0, 0.1) is 6.92 Å². The van der Waals surface area contributed by atoms with Crippen molar-refractivity contribution in [2.75, 3.05) is 0 Å². The van der Waals surface area contributed by atoms with Gasteiger partial charge in [-0.15, -0.1) is 0 Å². The Morgan fingerprint density at radius 3 is 2.73 bits per heavy atom. The first-order valence-electron chi connectivity index (χ1n) is 2.85. The largest absolute Gasteiger partial charge is 0.361 e. The van der Waals surface area contributed by atoms with Gasteiger partial charge in [-0.2, -0.15) is 8.42 Å². The zero-order valence-electron chi connectivity index (χ0n) is 5.81. The zero-order valence-corrected chi connectivity index (χ0v) is 6.63. The Hall–Kier alpha value is -0.880. The Kier molecular flexibility index (Phi) is 1.97. The topological polar surface area (TPSA) is 80.4 Å². The Labute approximate surface area is 63.8 Å². The van der Waals surface area contributed by atoms with Gasteiger partial charge in [0.15, 0.2) is 0 Å². The molecule has 0 radical (unpaired) electrons. The minimum Gasteiger partial charge on any atom is -0.361 e. The van der Waals surface area contributed by atoms with Crippen molar-refractivity contribution in [3.63, 3.8) is 0 Å². The third-order valence-corrected chi connectivity index (χ3v) is 1.67. The number of aromatic nitrogens is 1. The summed E-state index contributed by atoms with van der Waals surface area (Å²) in [5.41, 5.74) is 0.213. The van der Waals surface area contributed by atoms with E-state index >= 15 is 0 Å². The summed E-state index contributed by atoms with van der Waals surface area (Å²) in [7, 11) is -3.99. The Bertz CT molecular complexity index is 339. The highest BCUT2D eigenvalue weighted by atomic mass is 32.2. The lowest BCUT2D eigenvalue weighted by molar-refractivity contribution is 0.391. The number of nitrogens with zero attached hydrogens (tertiary/aromatic N) is 1. The van der Waals surface area contributed by atoms with Crippen molar-refractivity contribution in [1.82, 2.24) is 5.16 Å². The molecule has 0 bridgehead atoms. The molecule has 0 aromatic carbocycles. The zero-order chi connectivity index (χ0) is 8.48. The molecular formula is C5H7NO4S. The van der Waals surface area contributed by atoms with Gasteiger partial charge < -0.3 is 4.52 Å². The van der Waals surface area contributed by atoms with Crippen LogP contribution in [0.4, 0.5) is 0 Å². The lowest BCUT2D eigenvalue weighted by Crippen LogP contribution is -2.01. The maximum atomic E-state index is 10.3. The molecule has 1 aromatic heterocycles. The number of hydrogen-bond acceptors (Lipinski definition) is 4. The van der Waals surface area contributed by atoms with E-state index in [1.54, 1.807) is 6.92 Å². The molecule has 0 saturated carbocycles. The monoisotopic (exact) mass is 177 g/mol. The predicted octanol–water partition coefficient (Wildman–Crippen LogP) is 0.371. The first kappa shape index (κ1) is 8.22. The van der Waals surface area contributed by atoms with Gasteiger partial charge >= 0.3 is 0 Å². The van der Waals surface area contributed by atoms with E-state index in [0.29, 0.717) is 5.76 Å². The SMILES string of the molecule is Cc1cc(CS(=O)(=O)O)no1. The van der Waals surface area contributed by atoms with Crippen LogP contribution in [-0.2, 0) is 15.9 Å². The summed E-state index contributed by atoms with van der Waals surface area (Å²) in [4.78, 5) is 0. The summed E-state index contributed by atoms with van der Waals surface area (Å²) in [6, 6.07) is 1.45. The molecule has 6 heteroatoms. The van der Waals surface area contributed by atoms with E-state index in [2.05, 4.69) is 9.68 Å². The number of hydrogen-bond donors (Lipinski definition) is 1. The van der Waals surface area contributed by atoms with Gasteiger partial charge in [-0.1, -0.05) is 5.16 Å². The molecule has 0 unspecified atom stereocenters. The van der Waals surface area contributed by atoms with Crippen LogP contribution in [0.1, 0.15) is 11.5 Å². The molecule has 62 valence electrons. The van der Waals surface area contributed by atoms with E-state index in [4.69, 9.17) is 4.55 Å². The molecule has 0 aliphatic carbocycles. The molecule has 0 saturated heterocycles. The fourth-order valence-corrected chi connectivity index (χ4v) is 1.18. The van der Waals surface area contributed by atoms with Crippen molar-refractivity contribution >= 4 is 10.1 Å². The molecule has 0 fully saturated rings. The maximum Gasteiger partial charge on any atom is 0.270 e. The van der Waals surface area contributed by atoms with Gasteiger partial charge in [0.1, 0.15) is 17.2 Å². The third-order valence-electron chi connectivity index (χ3n) is 1.01. The second kappa shape index (κ2) is 2.63. The van der Waals surface area contributed by atoms with Gasteiger partial charge in [0, 0.05) is 6.07 Å². The Morgan fingerprint density at radius 2 is 2.36 bits per heavy atom. The highest BCUT2D eigenvalue weighted by Gasteiger charge is 2.09. The summed E-state index contributed by atoms with van der Waals surface area (Å²) < 4.78 is 33.5. The van der Waals surface area contributed by atoms with E-state index in [1.807, 2.05) is 0 Å². The summed E-state index contributed by atoms with van der Waals surface area (Å²) in [5, 5.41) is 3.39. The van der Waals surface area contributed by atoms with E-state index in [9.17, 15) is 8.42 Å². The highest BCUT2D eigenvalue weighted by Crippen LogP contribution is 2.04. The first-order valence-corrected chi connectivity index (χ1v) is 4.45. The van der Waals surface area contributed by atoms with Crippen molar-refractivity contribution in [1.29, 1.82) is 0 Å². The van der Waals surface area contributed by atoms with Crippen molar-refractivity contribution in [2.45, 2.75) is 12.7 Å². The van der Waals surface area contributed by atoms with E-state index < -0.39 is 15.9 Å². The quantitative estimate of drug-likeness (QED) is 0.660. The van der Waals surface area contributed by atoms with Gasteiger partial charge in [-0.25, -0.2) is 0 Å². The van der Waals surface area contributed by atoms with Crippen molar-refractivity contribution in [3.05, 3.63) is 17.5 Å². The second-order valence-electron chi connectivity index (χ2n) is 2.16. The average Bonchev–Trinajstić information content (AvgIpc) is 2.10. The molecule has 1 aromatic rings. The number of rotatable bonds is 2. The molecular weight excluding hydrogens is 170 g/mol. The fraction of sp³-hybridized carbons (Fsp3) is 0.400. The summed E-state index contributed by atoms with van der Waals surface area (Å²) in [6.45, 7) is 1.64. The van der Waals surface area contributed by atoms with E-state index in [1.165, 1.54) is 6.07 Å². The fourth-order valence-electron chi connectivity index (χ4n) is 0.673.